The lowest BCUT2D eigenvalue weighted by molar-refractivity contribution is -0.104. The quantitative estimate of drug-likeness (QED) is 0.788. The topological polar surface area (TPSA) is 43.1 Å². The van der Waals surface area contributed by atoms with E-state index in [-0.39, 0.29) is 0 Å². The molecule has 2 heteroatoms. The van der Waals surface area contributed by atoms with Crippen LogP contribution >= 0.6 is 0 Å². The third kappa shape index (κ3) is 3.08. The molecule has 0 aromatic heterocycles. The molecule has 2 N–H and O–H groups in total. The van der Waals surface area contributed by atoms with Crippen LogP contribution in [0.15, 0.2) is 71.0 Å². The van der Waals surface area contributed by atoms with Crippen molar-refractivity contribution in [2.75, 3.05) is 0 Å². The van der Waals surface area contributed by atoms with Gasteiger partial charge in [-0.25, -0.2) is 0 Å². The molecule has 0 bridgehead atoms. The maximum atomic E-state index is 11.1. The summed E-state index contributed by atoms with van der Waals surface area (Å²) in [5.74, 6) is 0.299. The smallest absolute Gasteiger partial charge is 0.152 e. The number of hydrogen-bond acceptors (Lipinski definition) is 2. The summed E-state index contributed by atoms with van der Waals surface area (Å²) < 4.78 is 0. The molecule has 2 aliphatic rings. The van der Waals surface area contributed by atoms with Gasteiger partial charge in [0.05, 0.1) is 0 Å². The molecule has 0 saturated heterocycles. The molecule has 20 heavy (non-hydrogen) atoms. The van der Waals surface area contributed by atoms with Gasteiger partial charge in [-0.1, -0.05) is 43.9 Å². The summed E-state index contributed by atoms with van der Waals surface area (Å²) in [5, 5.41) is 0. The summed E-state index contributed by atoms with van der Waals surface area (Å²) in [6, 6.07) is 0. The minimum Gasteiger partial charge on any atom is -0.398 e. The first-order valence-corrected chi connectivity index (χ1v) is 7.05. The molecule has 0 spiro atoms. The predicted molar refractivity (Wildman–Crippen MR) is 83.9 cm³/mol. The van der Waals surface area contributed by atoms with Crippen molar-refractivity contribution >= 4 is 6.29 Å². The molecule has 0 aromatic carbocycles. The second-order valence-electron chi connectivity index (χ2n) is 5.14. The zero-order valence-electron chi connectivity index (χ0n) is 11.9. The highest BCUT2D eigenvalue weighted by atomic mass is 16.1. The average Bonchev–Trinajstić information content (AvgIpc) is 2.68. The van der Waals surface area contributed by atoms with Crippen molar-refractivity contribution in [1.82, 2.24) is 0 Å². The maximum absolute atomic E-state index is 11.1. The minimum atomic E-state index is 0.299. The Hall–Kier alpha value is -2.09. The lowest BCUT2D eigenvalue weighted by atomic mass is 9.86. The lowest BCUT2D eigenvalue weighted by Gasteiger charge is -2.19. The van der Waals surface area contributed by atoms with Crippen LogP contribution in [0, 0.1) is 5.92 Å². The number of hydrogen-bond donors (Lipinski definition) is 1. The van der Waals surface area contributed by atoms with Gasteiger partial charge in [0, 0.05) is 17.2 Å². The van der Waals surface area contributed by atoms with E-state index in [0.29, 0.717) is 17.2 Å². The highest BCUT2D eigenvalue weighted by molar-refractivity contribution is 5.81. The number of carbonyl (C=O) groups is 1. The van der Waals surface area contributed by atoms with Crippen LogP contribution in [0.25, 0.3) is 0 Å². The SMILES string of the molecule is C=C(CC)C1=CC(C2=CCC=C(N)C(C=O)=C2)CC=C1. The van der Waals surface area contributed by atoms with Crippen molar-refractivity contribution in [2.24, 2.45) is 11.7 Å². The standard InChI is InChI=1S/C18H21NO/c1-3-13(2)14-6-4-7-15(10-14)16-8-5-9-18(19)17(11-16)12-20/h4,6,8-12,15H,2-3,5,7,19H2,1H3. The van der Waals surface area contributed by atoms with Gasteiger partial charge in [0.15, 0.2) is 6.29 Å². The molecule has 0 saturated carbocycles. The van der Waals surface area contributed by atoms with Gasteiger partial charge in [-0.3, -0.25) is 4.79 Å². The van der Waals surface area contributed by atoms with Gasteiger partial charge in [0.2, 0.25) is 0 Å². The van der Waals surface area contributed by atoms with Crippen LogP contribution in [-0.2, 0) is 4.79 Å². The van der Waals surface area contributed by atoms with Crippen molar-refractivity contribution in [2.45, 2.75) is 26.2 Å². The number of aldehydes is 1. The molecule has 2 nitrogen and oxygen atoms in total. The first kappa shape index (κ1) is 14.3. The number of allylic oxidation sites excluding steroid dienone is 10. The van der Waals surface area contributed by atoms with E-state index >= 15 is 0 Å². The Kier molecular flexibility index (Phi) is 4.57. The number of carbonyl (C=O) groups excluding carboxylic acids is 1. The van der Waals surface area contributed by atoms with Crippen LogP contribution in [0.3, 0.4) is 0 Å². The van der Waals surface area contributed by atoms with Gasteiger partial charge in [-0.2, -0.15) is 0 Å². The highest BCUT2D eigenvalue weighted by Crippen LogP contribution is 2.30. The largest absolute Gasteiger partial charge is 0.398 e. The summed E-state index contributed by atoms with van der Waals surface area (Å²) in [7, 11) is 0. The second-order valence-corrected chi connectivity index (χ2v) is 5.14. The molecule has 0 amide bonds. The van der Waals surface area contributed by atoms with Gasteiger partial charge in [-0.05, 0) is 42.1 Å². The Morgan fingerprint density at radius 1 is 1.50 bits per heavy atom. The van der Waals surface area contributed by atoms with Crippen LogP contribution < -0.4 is 5.73 Å². The molecular formula is C18H21NO. The van der Waals surface area contributed by atoms with Crippen LogP contribution in [0.5, 0.6) is 0 Å². The van der Waals surface area contributed by atoms with Crippen LogP contribution in [-0.4, -0.2) is 6.29 Å². The van der Waals surface area contributed by atoms with Crippen molar-refractivity contribution in [3.05, 3.63) is 71.0 Å². The first-order chi connectivity index (χ1) is 9.65. The lowest BCUT2D eigenvalue weighted by Crippen LogP contribution is -2.06. The molecule has 0 aliphatic heterocycles. The summed E-state index contributed by atoms with van der Waals surface area (Å²) in [5.41, 5.74) is 10.5. The van der Waals surface area contributed by atoms with E-state index < -0.39 is 0 Å². The summed E-state index contributed by atoms with van der Waals surface area (Å²) in [4.78, 5) is 11.1. The van der Waals surface area contributed by atoms with E-state index in [9.17, 15) is 4.79 Å². The normalized spacial score (nSPS) is 22.1. The monoisotopic (exact) mass is 267 g/mol. The van der Waals surface area contributed by atoms with Crippen molar-refractivity contribution in [1.29, 1.82) is 0 Å². The number of rotatable bonds is 4. The fourth-order valence-corrected chi connectivity index (χ4v) is 2.48. The number of nitrogens with two attached hydrogens (primary N) is 1. The summed E-state index contributed by atoms with van der Waals surface area (Å²) >= 11 is 0. The van der Waals surface area contributed by atoms with Gasteiger partial charge >= 0.3 is 0 Å². The van der Waals surface area contributed by atoms with Crippen molar-refractivity contribution in [3.8, 4) is 0 Å². The Morgan fingerprint density at radius 2 is 2.30 bits per heavy atom. The molecule has 2 rings (SSSR count). The predicted octanol–water partition coefficient (Wildman–Crippen LogP) is 3.75. The van der Waals surface area contributed by atoms with Crippen LogP contribution in [0.2, 0.25) is 0 Å². The van der Waals surface area contributed by atoms with E-state index in [1.54, 1.807) is 0 Å². The molecule has 1 atom stereocenters. The van der Waals surface area contributed by atoms with E-state index in [1.807, 2.05) is 12.2 Å². The van der Waals surface area contributed by atoms with Gasteiger partial charge < -0.3 is 5.73 Å². The van der Waals surface area contributed by atoms with Gasteiger partial charge in [0.25, 0.3) is 0 Å². The molecule has 0 heterocycles. The zero-order chi connectivity index (χ0) is 14.5. The molecule has 0 aromatic rings. The fourth-order valence-electron chi connectivity index (χ4n) is 2.48. The third-order valence-electron chi connectivity index (χ3n) is 3.81. The van der Waals surface area contributed by atoms with E-state index in [1.165, 1.54) is 5.57 Å². The molecule has 2 aliphatic carbocycles. The molecule has 104 valence electrons. The fraction of sp³-hybridized carbons (Fsp3) is 0.278. The third-order valence-corrected chi connectivity index (χ3v) is 3.81. The van der Waals surface area contributed by atoms with Crippen molar-refractivity contribution in [3.63, 3.8) is 0 Å². The molecule has 0 radical (unpaired) electrons. The van der Waals surface area contributed by atoms with E-state index in [2.05, 4.69) is 37.8 Å². The molecule has 1 unspecified atom stereocenters. The summed E-state index contributed by atoms with van der Waals surface area (Å²) in [6.45, 7) is 6.21. The second kappa shape index (κ2) is 6.38. The van der Waals surface area contributed by atoms with Crippen LogP contribution in [0.4, 0.5) is 0 Å². The van der Waals surface area contributed by atoms with E-state index in [0.717, 1.165) is 36.7 Å². The average molecular weight is 267 g/mol. The summed E-state index contributed by atoms with van der Waals surface area (Å²) in [6.07, 6.45) is 16.0. The van der Waals surface area contributed by atoms with Gasteiger partial charge in [0.1, 0.15) is 0 Å². The van der Waals surface area contributed by atoms with E-state index in [4.69, 9.17) is 5.73 Å². The molecular weight excluding hydrogens is 246 g/mol. The molecule has 0 fully saturated rings. The first-order valence-electron chi connectivity index (χ1n) is 7.05. The van der Waals surface area contributed by atoms with Crippen LogP contribution in [0.1, 0.15) is 26.2 Å². The minimum absolute atomic E-state index is 0.299. The zero-order valence-corrected chi connectivity index (χ0v) is 11.9. The Balaban J connectivity index is 2.28. The van der Waals surface area contributed by atoms with Gasteiger partial charge in [-0.15, -0.1) is 0 Å². The Labute approximate surface area is 120 Å². The Bertz CT molecular complexity index is 570. The highest BCUT2D eigenvalue weighted by Gasteiger charge is 2.16. The van der Waals surface area contributed by atoms with Crippen molar-refractivity contribution < 1.29 is 4.79 Å². The Morgan fingerprint density at radius 3 is 3.00 bits per heavy atom. The maximum Gasteiger partial charge on any atom is 0.152 e.